The van der Waals surface area contributed by atoms with Crippen LogP contribution in [0.25, 0.3) is 0 Å². The van der Waals surface area contributed by atoms with E-state index in [4.69, 9.17) is 9.47 Å². The molecule has 0 aromatic heterocycles. The van der Waals surface area contributed by atoms with Gasteiger partial charge in [0.25, 0.3) is 5.91 Å². The number of hydrogen-bond acceptors (Lipinski definition) is 4. The summed E-state index contributed by atoms with van der Waals surface area (Å²) in [5.41, 5.74) is 0.869. The van der Waals surface area contributed by atoms with Crippen molar-refractivity contribution in [2.24, 2.45) is 0 Å². The summed E-state index contributed by atoms with van der Waals surface area (Å²) in [5.74, 6) is 0.798. The molecule has 0 saturated heterocycles. The largest absolute Gasteiger partial charge is 0.497 e. The third kappa shape index (κ3) is 5.24. The van der Waals surface area contributed by atoms with Crippen LogP contribution in [0, 0.1) is 0 Å². The summed E-state index contributed by atoms with van der Waals surface area (Å²) < 4.78 is 10.8. The van der Waals surface area contributed by atoms with Gasteiger partial charge in [-0.2, -0.15) is 0 Å². The smallest absolute Gasteiger partial charge is 0.261 e. The van der Waals surface area contributed by atoms with E-state index in [1.807, 2.05) is 42.5 Å². The van der Waals surface area contributed by atoms with Gasteiger partial charge in [-0.25, -0.2) is 0 Å². The van der Waals surface area contributed by atoms with Crippen molar-refractivity contribution >= 4 is 11.8 Å². The van der Waals surface area contributed by atoms with Gasteiger partial charge in [0.15, 0.2) is 6.61 Å². The Labute approximate surface area is 153 Å². The van der Waals surface area contributed by atoms with Gasteiger partial charge in [0.1, 0.15) is 17.5 Å². The molecule has 2 aromatic carbocycles. The van der Waals surface area contributed by atoms with Gasteiger partial charge < -0.3 is 19.7 Å². The highest BCUT2D eigenvalue weighted by Gasteiger charge is 2.25. The zero-order chi connectivity index (χ0) is 18.9. The maximum atomic E-state index is 12.7. The number of nitrogens with zero attached hydrogens (tertiary/aromatic N) is 1. The van der Waals surface area contributed by atoms with Crippen LogP contribution in [-0.4, -0.2) is 43.5 Å². The number of rotatable bonds is 8. The van der Waals surface area contributed by atoms with Crippen molar-refractivity contribution in [1.82, 2.24) is 10.2 Å². The number of hydrogen-bond donors (Lipinski definition) is 1. The van der Waals surface area contributed by atoms with Gasteiger partial charge in [-0.1, -0.05) is 30.3 Å². The van der Waals surface area contributed by atoms with Crippen molar-refractivity contribution in [2.75, 3.05) is 20.8 Å². The summed E-state index contributed by atoms with van der Waals surface area (Å²) >= 11 is 0. The molecule has 6 heteroatoms. The number of para-hydroxylation sites is 1. The second-order valence-corrected chi connectivity index (χ2v) is 5.77. The van der Waals surface area contributed by atoms with E-state index in [-0.39, 0.29) is 25.0 Å². The average Bonchev–Trinajstić information content (AvgIpc) is 2.70. The molecule has 0 radical (unpaired) electrons. The highest BCUT2D eigenvalue weighted by molar-refractivity contribution is 5.87. The molecule has 138 valence electrons. The minimum atomic E-state index is -0.627. The quantitative estimate of drug-likeness (QED) is 0.788. The normalized spacial score (nSPS) is 11.3. The Kier molecular flexibility index (Phi) is 7.02. The SMILES string of the molecule is CNC(=O)[C@H](C)N(Cc1cccc(OC)c1)C(=O)COc1ccccc1. The highest BCUT2D eigenvalue weighted by Crippen LogP contribution is 2.16. The molecule has 2 rings (SSSR count). The van der Waals surface area contributed by atoms with Crippen molar-refractivity contribution in [1.29, 1.82) is 0 Å². The van der Waals surface area contributed by atoms with Crippen LogP contribution >= 0.6 is 0 Å². The van der Waals surface area contributed by atoms with Gasteiger partial charge in [-0.3, -0.25) is 9.59 Å². The van der Waals surface area contributed by atoms with Crippen LogP contribution in [0.3, 0.4) is 0 Å². The monoisotopic (exact) mass is 356 g/mol. The predicted molar refractivity (Wildman–Crippen MR) is 99.0 cm³/mol. The minimum absolute atomic E-state index is 0.144. The first-order valence-electron chi connectivity index (χ1n) is 8.37. The van der Waals surface area contributed by atoms with Crippen molar-refractivity contribution < 1.29 is 19.1 Å². The summed E-state index contributed by atoms with van der Waals surface area (Å²) in [4.78, 5) is 26.3. The van der Waals surface area contributed by atoms with Gasteiger partial charge >= 0.3 is 0 Å². The molecule has 0 fully saturated rings. The van der Waals surface area contributed by atoms with Gasteiger partial charge in [0.2, 0.25) is 5.91 Å². The molecule has 26 heavy (non-hydrogen) atoms. The Bertz CT molecular complexity index is 734. The molecule has 0 saturated carbocycles. The zero-order valence-corrected chi connectivity index (χ0v) is 15.3. The predicted octanol–water partition coefficient (Wildman–Crippen LogP) is 2.24. The Morgan fingerprint density at radius 3 is 2.42 bits per heavy atom. The van der Waals surface area contributed by atoms with Crippen LogP contribution in [0.15, 0.2) is 54.6 Å². The Morgan fingerprint density at radius 1 is 1.08 bits per heavy atom. The van der Waals surface area contributed by atoms with E-state index in [2.05, 4.69) is 5.32 Å². The Balaban J connectivity index is 2.14. The number of benzene rings is 2. The molecule has 0 aliphatic heterocycles. The first-order valence-corrected chi connectivity index (χ1v) is 8.37. The Hall–Kier alpha value is -3.02. The number of likely N-dealkylation sites (N-methyl/N-ethyl adjacent to an activating group) is 1. The number of ether oxygens (including phenoxy) is 2. The number of methoxy groups -OCH3 is 1. The van der Waals surface area contributed by atoms with Crippen molar-refractivity contribution in [3.8, 4) is 11.5 Å². The minimum Gasteiger partial charge on any atom is -0.497 e. The summed E-state index contributed by atoms with van der Waals surface area (Å²) in [6.07, 6.45) is 0. The third-order valence-electron chi connectivity index (χ3n) is 4.01. The summed E-state index contributed by atoms with van der Waals surface area (Å²) in [5, 5.41) is 2.58. The van der Waals surface area contributed by atoms with Crippen LogP contribution in [0.2, 0.25) is 0 Å². The maximum Gasteiger partial charge on any atom is 0.261 e. The van der Waals surface area contributed by atoms with E-state index in [0.29, 0.717) is 11.5 Å². The number of amides is 2. The lowest BCUT2D eigenvalue weighted by Crippen LogP contribution is -2.48. The van der Waals surface area contributed by atoms with Crippen molar-refractivity contribution in [3.63, 3.8) is 0 Å². The van der Waals surface area contributed by atoms with Crippen LogP contribution < -0.4 is 14.8 Å². The molecule has 2 aromatic rings. The third-order valence-corrected chi connectivity index (χ3v) is 4.01. The molecule has 0 aliphatic carbocycles. The van der Waals surface area contributed by atoms with E-state index in [9.17, 15) is 9.59 Å². The average molecular weight is 356 g/mol. The molecular weight excluding hydrogens is 332 g/mol. The fourth-order valence-corrected chi connectivity index (χ4v) is 2.50. The van der Waals surface area contributed by atoms with Crippen molar-refractivity contribution in [2.45, 2.75) is 19.5 Å². The van der Waals surface area contributed by atoms with E-state index >= 15 is 0 Å². The standard InChI is InChI=1S/C20H24N2O4/c1-15(20(24)21-2)22(13-16-8-7-11-18(12-16)25-3)19(23)14-26-17-9-5-4-6-10-17/h4-12,15H,13-14H2,1-3H3,(H,21,24)/t15-/m0/s1. The molecule has 0 aliphatic rings. The van der Waals surface area contributed by atoms with Gasteiger partial charge in [0, 0.05) is 13.6 Å². The van der Waals surface area contributed by atoms with E-state index in [1.165, 1.54) is 4.90 Å². The molecule has 6 nitrogen and oxygen atoms in total. The lowest BCUT2D eigenvalue weighted by Gasteiger charge is -2.28. The molecule has 0 unspecified atom stereocenters. The summed E-state index contributed by atoms with van der Waals surface area (Å²) in [6, 6.07) is 15.9. The lowest BCUT2D eigenvalue weighted by atomic mass is 10.1. The van der Waals surface area contributed by atoms with Crippen LogP contribution in [-0.2, 0) is 16.1 Å². The zero-order valence-electron chi connectivity index (χ0n) is 15.3. The fraction of sp³-hybridized carbons (Fsp3) is 0.300. The second-order valence-electron chi connectivity index (χ2n) is 5.77. The fourth-order valence-electron chi connectivity index (χ4n) is 2.50. The second kappa shape index (κ2) is 9.46. The van der Waals surface area contributed by atoms with E-state index in [1.54, 1.807) is 33.2 Å². The maximum absolute atomic E-state index is 12.7. The van der Waals surface area contributed by atoms with Gasteiger partial charge in [-0.15, -0.1) is 0 Å². The van der Waals surface area contributed by atoms with E-state index in [0.717, 1.165) is 5.56 Å². The summed E-state index contributed by atoms with van der Waals surface area (Å²) in [6.45, 7) is 1.83. The van der Waals surface area contributed by atoms with Crippen LogP contribution in [0.5, 0.6) is 11.5 Å². The first-order chi connectivity index (χ1) is 12.5. The first kappa shape index (κ1) is 19.3. The topological polar surface area (TPSA) is 67.9 Å². The number of carbonyl (C=O) groups excluding carboxylic acids is 2. The molecule has 2 amide bonds. The molecule has 0 bridgehead atoms. The lowest BCUT2D eigenvalue weighted by molar-refractivity contribution is -0.142. The molecule has 1 atom stereocenters. The molecule has 0 spiro atoms. The van der Waals surface area contributed by atoms with Crippen LogP contribution in [0.4, 0.5) is 0 Å². The number of nitrogens with one attached hydrogen (secondary N) is 1. The summed E-state index contributed by atoms with van der Waals surface area (Å²) in [7, 11) is 3.14. The van der Waals surface area contributed by atoms with Crippen LogP contribution in [0.1, 0.15) is 12.5 Å². The highest BCUT2D eigenvalue weighted by atomic mass is 16.5. The molecular formula is C20H24N2O4. The van der Waals surface area contributed by atoms with Crippen molar-refractivity contribution in [3.05, 3.63) is 60.2 Å². The molecule has 1 N–H and O–H groups in total. The molecule has 0 heterocycles. The Morgan fingerprint density at radius 2 is 1.77 bits per heavy atom. The van der Waals surface area contributed by atoms with Gasteiger partial charge in [-0.05, 0) is 36.8 Å². The van der Waals surface area contributed by atoms with E-state index < -0.39 is 6.04 Å². The number of carbonyl (C=O) groups is 2. The van der Waals surface area contributed by atoms with Gasteiger partial charge in [0.05, 0.1) is 7.11 Å².